The monoisotopic (exact) mass is 312 g/mol. The van der Waals surface area contributed by atoms with Crippen molar-refractivity contribution in [1.29, 1.82) is 5.26 Å². The lowest BCUT2D eigenvalue weighted by Gasteiger charge is -2.37. The van der Waals surface area contributed by atoms with E-state index in [1.807, 2.05) is 0 Å². The molecule has 1 N–H and O–H groups in total. The molecule has 120 valence electrons. The molecule has 2 atom stereocenters. The second-order valence-corrected chi connectivity index (χ2v) is 6.07. The first-order valence-electron chi connectivity index (χ1n) is 7.89. The van der Waals surface area contributed by atoms with E-state index < -0.39 is 0 Å². The number of hydrogen-bond acceptors (Lipinski definition) is 5. The summed E-state index contributed by atoms with van der Waals surface area (Å²) in [5, 5.41) is 19.2. The van der Waals surface area contributed by atoms with Gasteiger partial charge in [-0.1, -0.05) is 6.92 Å². The minimum Gasteiger partial charge on any atom is -0.393 e. The number of anilines is 1. The van der Waals surface area contributed by atoms with E-state index >= 15 is 0 Å². The number of aliphatic hydroxyl groups is 1. The molecular formula is C17H20N4O2. The van der Waals surface area contributed by atoms with Crippen LogP contribution in [-0.4, -0.2) is 33.9 Å². The van der Waals surface area contributed by atoms with Crippen LogP contribution >= 0.6 is 0 Å². The smallest absolute Gasteiger partial charge is 0.252 e. The van der Waals surface area contributed by atoms with Gasteiger partial charge in [0.1, 0.15) is 17.3 Å². The average Bonchev–Trinajstić information content (AvgIpc) is 2.58. The van der Waals surface area contributed by atoms with E-state index in [-0.39, 0.29) is 17.6 Å². The third-order valence-corrected chi connectivity index (χ3v) is 4.74. The predicted molar refractivity (Wildman–Crippen MR) is 88.3 cm³/mol. The molecule has 2 aromatic heterocycles. The quantitative estimate of drug-likeness (QED) is 0.906. The number of nitrogens with zero attached hydrogens (tertiary/aromatic N) is 4. The van der Waals surface area contributed by atoms with Crippen molar-refractivity contribution in [3.05, 3.63) is 34.2 Å². The number of nitriles is 1. The Hall–Kier alpha value is -2.39. The molecule has 2 unspecified atom stereocenters. The number of aliphatic hydroxyl groups excluding tert-OH is 1. The predicted octanol–water partition coefficient (Wildman–Crippen LogP) is 1.40. The highest BCUT2D eigenvalue weighted by Crippen LogP contribution is 2.29. The van der Waals surface area contributed by atoms with Crippen molar-refractivity contribution in [2.24, 2.45) is 13.0 Å². The maximum Gasteiger partial charge on any atom is 0.252 e. The molecule has 6 nitrogen and oxygen atoms in total. The van der Waals surface area contributed by atoms with E-state index in [9.17, 15) is 9.90 Å². The van der Waals surface area contributed by atoms with Crippen molar-refractivity contribution in [3.8, 4) is 6.07 Å². The Bertz CT molecular complexity index is 837. The van der Waals surface area contributed by atoms with Gasteiger partial charge in [0.25, 0.3) is 5.56 Å². The third-order valence-electron chi connectivity index (χ3n) is 4.74. The highest BCUT2D eigenvalue weighted by atomic mass is 16.3. The number of aryl methyl sites for hydroxylation is 1. The minimum absolute atomic E-state index is 0.0989. The van der Waals surface area contributed by atoms with E-state index in [0.717, 1.165) is 12.1 Å². The number of aromatic nitrogens is 2. The zero-order valence-corrected chi connectivity index (χ0v) is 13.4. The Kier molecular flexibility index (Phi) is 4.05. The molecular weight excluding hydrogens is 292 g/mol. The Morgan fingerprint density at radius 3 is 2.96 bits per heavy atom. The number of fused-ring (bicyclic) bond motifs is 1. The lowest BCUT2D eigenvalue weighted by Crippen LogP contribution is -2.43. The van der Waals surface area contributed by atoms with Crippen molar-refractivity contribution < 1.29 is 5.11 Å². The van der Waals surface area contributed by atoms with Crippen LogP contribution in [0, 0.1) is 17.2 Å². The van der Waals surface area contributed by atoms with Crippen LogP contribution in [0.2, 0.25) is 0 Å². The van der Waals surface area contributed by atoms with Gasteiger partial charge in [-0.15, -0.1) is 0 Å². The van der Waals surface area contributed by atoms with Crippen LogP contribution in [0.5, 0.6) is 0 Å². The molecule has 3 heterocycles. The molecule has 23 heavy (non-hydrogen) atoms. The van der Waals surface area contributed by atoms with Crippen LogP contribution in [-0.2, 0) is 7.05 Å². The van der Waals surface area contributed by atoms with Crippen LogP contribution in [0.3, 0.4) is 0 Å². The van der Waals surface area contributed by atoms with Crippen LogP contribution < -0.4 is 10.5 Å². The van der Waals surface area contributed by atoms with Crippen molar-refractivity contribution >= 4 is 16.7 Å². The Morgan fingerprint density at radius 2 is 2.26 bits per heavy atom. The van der Waals surface area contributed by atoms with Gasteiger partial charge in [0.05, 0.1) is 17.3 Å². The van der Waals surface area contributed by atoms with Gasteiger partial charge in [-0.3, -0.25) is 4.79 Å². The van der Waals surface area contributed by atoms with Gasteiger partial charge in [0.15, 0.2) is 0 Å². The zero-order chi connectivity index (χ0) is 16.6. The Morgan fingerprint density at radius 1 is 1.48 bits per heavy atom. The fraction of sp³-hybridized carbons (Fsp3) is 0.471. The van der Waals surface area contributed by atoms with Crippen molar-refractivity contribution in [2.45, 2.75) is 25.9 Å². The molecule has 0 aliphatic carbocycles. The molecule has 0 bridgehead atoms. The molecule has 0 spiro atoms. The summed E-state index contributed by atoms with van der Waals surface area (Å²) in [4.78, 5) is 18.8. The summed E-state index contributed by atoms with van der Waals surface area (Å²) in [6, 6.07) is 7.03. The molecule has 0 saturated carbocycles. The summed E-state index contributed by atoms with van der Waals surface area (Å²) in [5.41, 5.74) is 2.37. The second-order valence-electron chi connectivity index (χ2n) is 6.07. The topological polar surface area (TPSA) is 82.2 Å². The summed E-state index contributed by atoms with van der Waals surface area (Å²) in [5.74, 6) is 0.182. The van der Waals surface area contributed by atoms with Gasteiger partial charge in [0.2, 0.25) is 0 Å². The number of hydrogen-bond donors (Lipinski definition) is 1. The summed E-state index contributed by atoms with van der Waals surface area (Å²) in [6.07, 6.45) is 1.27. The van der Waals surface area contributed by atoms with Crippen molar-refractivity contribution in [3.63, 3.8) is 0 Å². The Labute approximate surface area is 134 Å². The standard InChI is InChI=1S/C17H20N4O2/c1-3-11-10-21(7-6-15(11)22)14-8-16(23)20(2)13-5-4-12(9-18)19-17(13)14/h4-5,8,11,15,22H,3,6-7,10H2,1-2H3. The number of piperidine rings is 1. The number of rotatable bonds is 2. The summed E-state index contributed by atoms with van der Waals surface area (Å²) in [6.45, 7) is 3.43. The van der Waals surface area contributed by atoms with Crippen molar-refractivity contribution in [1.82, 2.24) is 9.55 Å². The molecule has 6 heteroatoms. The lowest BCUT2D eigenvalue weighted by molar-refractivity contribution is 0.0861. The van der Waals surface area contributed by atoms with Crippen LogP contribution in [0.25, 0.3) is 11.0 Å². The molecule has 0 aromatic carbocycles. The molecule has 1 saturated heterocycles. The first kappa shape index (κ1) is 15.5. The fourth-order valence-electron chi connectivity index (χ4n) is 3.25. The first-order valence-corrected chi connectivity index (χ1v) is 7.89. The minimum atomic E-state index is -0.295. The van der Waals surface area contributed by atoms with E-state index in [4.69, 9.17) is 5.26 Å². The lowest BCUT2D eigenvalue weighted by atomic mass is 9.92. The van der Waals surface area contributed by atoms with Gasteiger partial charge in [-0.05, 0) is 25.0 Å². The highest BCUT2D eigenvalue weighted by Gasteiger charge is 2.28. The van der Waals surface area contributed by atoms with E-state index in [2.05, 4.69) is 22.9 Å². The summed E-state index contributed by atoms with van der Waals surface area (Å²) < 4.78 is 1.54. The van der Waals surface area contributed by atoms with Gasteiger partial charge in [-0.25, -0.2) is 4.98 Å². The molecule has 1 aliphatic heterocycles. The van der Waals surface area contributed by atoms with Gasteiger partial charge < -0.3 is 14.6 Å². The zero-order valence-electron chi connectivity index (χ0n) is 13.4. The highest BCUT2D eigenvalue weighted by molar-refractivity contribution is 5.88. The van der Waals surface area contributed by atoms with Gasteiger partial charge in [0, 0.05) is 32.1 Å². The molecule has 3 rings (SSSR count). The van der Waals surface area contributed by atoms with Crippen LogP contribution in [0.4, 0.5) is 5.69 Å². The average molecular weight is 312 g/mol. The third kappa shape index (κ3) is 2.68. The van der Waals surface area contributed by atoms with E-state index in [1.54, 1.807) is 29.8 Å². The number of pyridine rings is 2. The SMILES string of the molecule is CCC1CN(c2cc(=O)n(C)c3ccc(C#N)nc23)CCC1O. The second kappa shape index (κ2) is 6.01. The normalized spacial score (nSPS) is 21.4. The largest absolute Gasteiger partial charge is 0.393 e. The molecule has 0 radical (unpaired) electrons. The van der Waals surface area contributed by atoms with E-state index in [0.29, 0.717) is 36.2 Å². The molecule has 1 aliphatic rings. The fourth-order valence-corrected chi connectivity index (χ4v) is 3.25. The Balaban J connectivity index is 2.15. The van der Waals surface area contributed by atoms with E-state index in [1.165, 1.54) is 0 Å². The molecule has 1 fully saturated rings. The first-order chi connectivity index (χ1) is 11.0. The van der Waals surface area contributed by atoms with Crippen LogP contribution in [0.1, 0.15) is 25.5 Å². The summed E-state index contributed by atoms with van der Waals surface area (Å²) in [7, 11) is 1.71. The van der Waals surface area contributed by atoms with Crippen LogP contribution in [0.15, 0.2) is 23.0 Å². The van der Waals surface area contributed by atoms with Gasteiger partial charge >= 0.3 is 0 Å². The molecule has 0 amide bonds. The maximum absolute atomic E-state index is 12.3. The summed E-state index contributed by atoms with van der Waals surface area (Å²) >= 11 is 0. The van der Waals surface area contributed by atoms with Crippen molar-refractivity contribution in [2.75, 3.05) is 18.0 Å². The maximum atomic E-state index is 12.3. The van der Waals surface area contributed by atoms with Gasteiger partial charge in [-0.2, -0.15) is 5.26 Å². The molecule has 2 aromatic rings.